The molecule has 58 valence electrons. The Morgan fingerprint density at radius 2 is 2.10 bits per heavy atom. The molecule has 0 aromatic carbocycles. The lowest BCUT2D eigenvalue weighted by Crippen LogP contribution is -2.26. The number of hydrogen-bond donors (Lipinski definition) is 0. The van der Waals surface area contributed by atoms with E-state index in [1.807, 2.05) is 6.20 Å². The van der Waals surface area contributed by atoms with Crippen LogP contribution in [0.1, 0.15) is 6.92 Å². The predicted molar refractivity (Wildman–Crippen MR) is 40.1 cm³/mol. The van der Waals surface area contributed by atoms with Crippen molar-refractivity contribution in [2.75, 3.05) is 27.1 Å². The normalized spacial score (nSPS) is 17.0. The molecule has 0 amide bonds. The van der Waals surface area contributed by atoms with E-state index in [0.717, 1.165) is 13.2 Å². The first-order valence-corrected chi connectivity index (χ1v) is 3.52. The molecule has 10 heavy (non-hydrogen) atoms. The minimum atomic E-state index is 0.688. The summed E-state index contributed by atoms with van der Waals surface area (Å²) in [5, 5.41) is 0. The second kappa shape index (κ2) is 3.46. The van der Waals surface area contributed by atoms with Crippen LogP contribution >= 0.6 is 0 Å². The van der Waals surface area contributed by atoms with Gasteiger partial charge in [-0.05, 0) is 6.92 Å². The molecule has 1 heterocycles. The molecule has 0 fully saturated rings. The zero-order valence-corrected chi connectivity index (χ0v) is 6.58. The fraction of sp³-hybridized carbons (Fsp3) is 0.714. The first kappa shape index (κ1) is 7.41. The van der Waals surface area contributed by atoms with Crippen LogP contribution in [0.25, 0.3) is 0 Å². The van der Waals surface area contributed by atoms with Crippen molar-refractivity contribution >= 4 is 0 Å². The molecule has 0 spiro atoms. The summed E-state index contributed by atoms with van der Waals surface area (Å²) in [7, 11) is 1.71. The first-order chi connectivity index (χ1) is 4.86. The van der Waals surface area contributed by atoms with Gasteiger partial charge in [0, 0.05) is 26.1 Å². The van der Waals surface area contributed by atoms with Gasteiger partial charge in [-0.25, -0.2) is 0 Å². The summed E-state index contributed by atoms with van der Waals surface area (Å²) in [6.07, 6.45) is 4.13. The van der Waals surface area contributed by atoms with Crippen LogP contribution in [0.4, 0.5) is 0 Å². The van der Waals surface area contributed by atoms with E-state index in [-0.39, 0.29) is 0 Å². The molecule has 3 heteroatoms. The summed E-state index contributed by atoms with van der Waals surface area (Å²) in [5.74, 6) is 0. The summed E-state index contributed by atoms with van der Waals surface area (Å²) in [6.45, 7) is 4.86. The fourth-order valence-corrected chi connectivity index (χ4v) is 0.971. The molecule has 0 aromatic heterocycles. The summed E-state index contributed by atoms with van der Waals surface area (Å²) in [5.41, 5.74) is 0. The number of hydrogen-bond acceptors (Lipinski definition) is 3. The lowest BCUT2D eigenvalue weighted by molar-refractivity contribution is 0.0827. The molecule has 0 aliphatic carbocycles. The topological polar surface area (TPSA) is 15.7 Å². The molecule has 0 saturated heterocycles. The third-order valence-corrected chi connectivity index (χ3v) is 1.55. The highest BCUT2D eigenvalue weighted by Crippen LogP contribution is 2.04. The van der Waals surface area contributed by atoms with Crippen LogP contribution < -0.4 is 0 Å². The molecule has 0 bridgehead atoms. The van der Waals surface area contributed by atoms with Crippen molar-refractivity contribution in [2.45, 2.75) is 6.92 Å². The van der Waals surface area contributed by atoms with E-state index in [9.17, 15) is 0 Å². The Hall–Kier alpha value is -0.700. The maximum Gasteiger partial charge on any atom is 0.119 e. The van der Waals surface area contributed by atoms with E-state index in [2.05, 4.69) is 22.9 Å². The molecule has 0 aromatic rings. The van der Waals surface area contributed by atoms with E-state index < -0.39 is 0 Å². The van der Waals surface area contributed by atoms with Crippen LogP contribution in [0.3, 0.4) is 0 Å². The minimum absolute atomic E-state index is 0.688. The lowest BCUT2D eigenvalue weighted by atomic mass is 10.6. The molecule has 0 unspecified atom stereocenters. The largest absolute Gasteiger partial charge is 0.364 e. The summed E-state index contributed by atoms with van der Waals surface area (Å²) >= 11 is 0. The van der Waals surface area contributed by atoms with Crippen LogP contribution in [0.2, 0.25) is 0 Å². The van der Waals surface area contributed by atoms with Crippen LogP contribution in [0, 0.1) is 0 Å². The molecule has 0 radical (unpaired) electrons. The predicted octanol–water partition coefficient (Wildman–Crippen LogP) is 0.657. The highest BCUT2D eigenvalue weighted by atomic mass is 16.5. The molecule has 0 atom stereocenters. The van der Waals surface area contributed by atoms with E-state index in [4.69, 9.17) is 4.74 Å². The number of methoxy groups -OCH3 is 1. The number of nitrogens with zero attached hydrogens (tertiary/aromatic N) is 2. The van der Waals surface area contributed by atoms with Gasteiger partial charge >= 0.3 is 0 Å². The van der Waals surface area contributed by atoms with Gasteiger partial charge in [0.1, 0.15) is 6.73 Å². The molecule has 1 rings (SSSR count). The summed E-state index contributed by atoms with van der Waals surface area (Å²) in [4.78, 5) is 4.34. The monoisotopic (exact) mass is 142 g/mol. The Morgan fingerprint density at radius 1 is 1.40 bits per heavy atom. The highest BCUT2D eigenvalue weighted by Gasteiger charge is 2.08. The average molecular weight is 142 g/mol. The maximum absolute atomic E-state index is 4.97. The molecular formula is C7H14N2O. The molecule has 1 aliphatic rings. The molecule has 0 N–H and O–H groups in total. The van der Waals surface area contributed by atoms with Gasteiger partial charge in [0.2, 0.25) is 0 Å². The second-order valence-corrected chi connectivity index (χ2v) is 2.35. The Kier molecular flexibility index (Phi) is 2.57. The number of rotatable bonds is 3. The van der Waals surface area contributed by atoms with Crippen molar-refractivity contribution in [1.29, 1.82) is 0 Å². The SMILES string of the molecule is CCN1C=CN(COC)C1. The van der Waals surface area contributed by atoms with Gasteiger partial charge in [-0.2, -0.15) is 0 Å². The van der Waals surface area contributed by atoms with E-state index in [1.165, 1.54) is 0 Å². The Balaban J connectivity index is 2.24. The van der Waals surface area contributed by atoms with Crippen LogP contribution in [-0.2, 0) is 4.74 Å². The average Bonchev–Trinajstić information content (AvgIpc) is 2.37. The van der Waals surface area contributed by atoms with E-state index >= 15 is 0 Å². The quantitative estimate of drug-likeness (QED) is 0.575. The Labute approximate surface area is 61.9 Å². The van der Waals surface area contributed by atoms with Crippen molar-refractivity contribution < 1.29 is 4.74 Å². The summed E-state index contributed by atoms with van der Waals surface area (Å²) < 4.78 is 4.97. The summed E-state index contributed by atoms with van der Waals surface area (Å²) in [6, 6.07) is 0. The smallest absolute Gasteiger partial charge is 0.119 e. The van der Waals surface area contributed by atoms with E-state index in [0.29, 0.717) is 6.73 Å². The van der Waals surface area contributed by atoms with Gasteiger partial charge in [0.15, 0.2) is 0 Å². The third kappa shape index (κ3) is 1.64. The zero-order valence-electron chi connectivity index (χ0n) is 6.58. The second-order valence-electron chi connectivity index (χ2n) is 2.35. The van der Waals surface area contributed by atoms with Crippen molar-refractivity contribution in [3.63, 3.8) is 0 Å². The maximum atomic E-state index is 4.97. The van der Waals surface area contributed by atoms with E-state index in [1.54, 1.807) is 7.11 Å². The van der Waals surface area contributed by atoms with Gasteiger partial charge in [-0.3, -0.25) is 0 Å². The third-order valence-electron chi connectivity index (χ3n) is 1.55. The van der Waals surface area contributed by atoms with Crippen molar-refractivity contribution in [3.05, 3.63) is 12.4 Å². The molecular weight excluding hydrogens is 128 g/mol. The standard InChI is InChI=1S/C7H14N2O/c1-3-8-4-5-9(6-8)7-10-2/h4-5H,3,6-7H2,1-2H3. The van der Waals surface area contributed by atoms with Crippen LogP contribution in [0.15, 0.2) is 12.4 Å². The van der Waals surface area contributed by atoms with Crippen molar-refractivity contribution in [3.8, 4) is 0 Å². The zero-order chi connectivity index (χ0) is 7.40. The van der Waals surface area contributed by atoms with Gasteiger partial charge in [-0.1, -0.05) is 0 Å². The number of ether oxygens (including phenoxy) is 1. The Morgan fingerprint density at radius 3 is 2.60 bits per heavy atom. The first-order valence-electron chi connectivity index (χ1n) is 3.52. The fourth-order valence-electron chi connectivity index (χ4n) is 0.971. The molecule has 1 aliphatic heterocycles. The minimum Gasteiger partial charge on any atom is -0.364 e. The molecule has 0 saturated carbocycles. The van der Waals surface area contributed by atoms with Gasteiger partial charge in [-0.15, -0.1) is 0 Å². The molecule has 3 nitrogen and oxygen atoms in total. The highest BCUT2D eigenvalue weighted by molar-refractivity contribution is 4.88. The van der Waals surface area contributed by atoms with Gasteiger partial charge in [0.25, 0.3) is 0 Å². The van der Waals surface area contributed by atoms with Gasteiger partial charge in [0.05, 0.1) is 6.67 Å². The van der Waals surface area contributed by atoms with Crippen LogP contribution in [-0.4, -0.2) is 36.9 Å². The van der Waals surface area contributed by atoms with Crippen LogP contribution in [0.5, 0.6) is 0 Å². The lowest BCUT2D eigenvalue weighted by Gasteiger charge is -2.18. The van der Waals surface area contributed by atoms with Gasteiger partial charge < -0.3 is 14.5 Å². The van der Waals surface area contributed by atoms with Crippen molar-refractivity contribution in [1.82, 2.24) is 9.80 Å². The Bertz CT molecular complexity index is 125. The van der Waals surface area contributed by atoms with Crippen molar-refractivity contribution in [2.24, 2.45) is 0 Å².